The molecule has 3 aromatic rings. The summed E-state index contributed by atoms with van der Waals surface area (Å²) in [5, 5.41) is 1.99. The number of nitrogens with zero attached hydrogens (tertiary/aromatic N) is 1. The third-order valence-electron chi connectivity index (χ3n) is 3.28. The van der Waals surface area contributed by atoms with E-state index in [0.29, 0.717) is 5.88 Å². The summed E-state index contributed by atoms with van der Waals surface area (Å²) in [5.41, 5.74) is 1.12. The van der Waals surface area contributed by atoms with Crippen molar-refractivity contribution >= 4 is 26.7 Å². The number of halogens is 1. The van der Waals surface area contributed by atoms with Gasteiger partial charge in [-0.05, 0) is 54.3 Å². The van der Waals surface area contributed by atoms with Crippen molar-refractivity contribution in [3.05, 3.63) is 58.7 Å². The molecule has 0 bridgehead atoms. The molecule has 0 amide bonds. The van der Waals surface area contributed by atoms with E-state index in [1.165, 1.54) is 0 Å². The first-order valence-electron chi connectivity index (χ1n) is 6.54. The van der Waals surface area contributed by atoms with Crippen molar-refractivity contribution in [2.45, 2.75) is 6.92 Å². The Morgan fingerprint density at radius 1 is 1.00 bits per heavy atom. The van der Waals surface area contributed by atoms with Crippen LogP contribution in [0.5, 0.6) is 17.4 Å². The fourth-order valence-corrected chi connectivity index (χ4v) is 2.37. The Morgan fingerprint density at radius 2 is 1.81 bits per heavy atom. The molecule has 3 rings (SSSR count). The number of aromatic nitrogens is 1. The van der Waals surface area contributed by atoms with E-state index in [1.54, 1.807) is 13.3 Å². The second kappa shape index (κ2) is 5.74. The zero-order chi connectivity index (χ0) is 14.8. The summed E-state index contributed by atoms with van der Waals surface area (Å²) in [6, 6.07) is 13.7. The Kier molecular flexibility index (Phi) is 3.80. The molecule has 0 fully saturated rings. The van der Waals surface area contributed by atoms with Gasteiger partial charge >= 0.3 is 0 Å². The predicted molar refractivity (Wildman–Crippen MR) is 87.2 cm³/mol. The molecule has 0 unspecified atom stereocenters. The maximum absolute atomic E-state index is 5.94. The number of methoxy groups -OCH3 is 1. The van der Waals surface area contributed by atoms with Gasteiger partial charge in [0.25, 0.3) is 0 Å². The highest BCUT2D eigenvalue weighted by molar-refractivity contribution is 9.10. The maximum Gasteiger partial charge on any atom is 0.227 e. The summed E-state index contributed by atoms with van der Waals surface area (Å²) in [5.74, 6) is 2.12. The molecule has 0 spiro atoms. The highest BCUT2D eigenvalue weighted by Crippen LogP contribution is 2.31. The lowest BCUT2D eigenvalue weighted by Crippen LogP contribution is -1.91. The molecule has 0 N–H and O–H groups in total. The molecular weight excluding hydrogens is 330 g/mol. The quantitative estimate of drug-likeness (QED) is 0.662. The van der Waals surface area contributed by atoms with E-state index in [9.17, 15) is 0 Å². The second-order valence-electron chi connectivity index (χ2n) is 4.72. The highest BCUT2D eigenvalue weighted by atomic mass is 79.9. The molecule has 21 heavy (non-hydrogen) atoms. The Morgan fingerprint density at radius 3 is 2.57 bits per heavy atom. The van der Waals surface area contributed by atoms with Crippen molar-refractivity contribution in [3.63, 3.8) is 0 Å². The van der Waals surface area contributed by atoms with Gasteiger partial charge in [-0.3, -0.25) is 0 Å². The third kappa shape index (κ3) is 2.85. The smallest absolute Gasteiger partial charge is 0.227 e. The molecule has 4 heteroatoms. The van der Waals surface area contributed by atoms with Gasteiger partial charge in [-0.1, -0.05) is 22.0 Å². The van der Waals surface area contributed by atoms with Crippen LogP contribution in [0.3, 0.4) is 0 Å². The van der Waals surface area contributed by atoms with Crippen molar-refractivity contribution < 1.29 is 9.47 Å². The second-order valence-corrected chi connectivity index (χ2v) is 5.57. The SMILES string of the molecule is COc1ccc2ccnc(Oc3ccc(Br)c(C)c3)c2c1. The molecule has 0 saturated carbocycles. The van der Waals surface area contributed by atoms with Crippen LogP contribution in [-0.2, 0) is 0 Å². The first-order chi connectivity index (χ1) is 10.2. The van der Waals surface area contributed by atoms with Gasteiger partial charge in [0.15, 0.2) is 0 Å². The standard InChI is InChI=1S/C17H14BrNO2/c1-11-9-14(5-6-16(11)18)21-17-15-10-13(20-2)4-3-12(15)7-8-19-17/h3-10H,1-2H3. The van der Waals surface area contributed by atoms with Crippen LogP contribution in [0.2, 0.25) is 0 Å². The van der Waals surface area contributed by atoms with Crippen LogP contribution in [0.15, 0.2) is 53.1 Å². The Labute approximate surface area is 131 Å². The number of benzene rings is 2. The largest absolute Gasteiger partial charge is 0.497 e. The summed E-state index contributed by atoms with van der Waals surface area (Å²) < 4.78 is 12.3. The van der Waals surface area contributed by atoms with Crippen LogP contribution in [0.1, 0.15) is 5.56 Å². The van der Waals surface area contributed by atoms with E-state index in [-0.39, 0.29) is 0 Å². The zero-order valence-corrected chi connectivity index (χ0v) is 13.3. The summed E-state index contributed by atoms with van der Waals surface area (Å²) >= 11 is 3.49. The molecule has 2 aromatic carbocycles. The summed E-state index contributed by atoms with van der Waals surface area (Å²) in [7, 11) is 1.65. The van der Waals surface area contributed by atoms with E-state index >= 15 is 0 Å². The highest BCUT2D eigenvalue weighted by Gasteiger charge is 2.07. The molecule has 0 radical (unpaired) electrons. The van der Waals surface area contributed by atoms with E-state index in [1.807, 2.05) is 49.4 Å². The zero-order valence-electron chi connectivity index (χ0n) is 11.8. The number of hydrogen-bond acceptors (Lipinski definition) is 3. The van der Waals surface area contributed by atoms with Crippen molar-refractivity contribution in [2.24, 2.45) is 0 Å². The van der Waals surface area contributed by atoms with E-state index in [0.717, 1.165) is 32.3 Å². The molecule has 106 valence electrons. The minimum absolute atomic E-state index is 0.577. The molecule has 0 aliphatic rings. The molecule has 3 nitrogen and oxygen atoms in total. The van der Waals surface area contributed by atoms with Crippen LogP contribution in [0.25, 0.3) is 10.8 Å². The number of pyridine rings is 1. The van der Waals surface area contributed by atoms with Gasteiger partial charge in [-0.25, -0.2) is 4.98 Å². The number of fused-ring (bicyclic) bond motifs is 1. The monoisotopic (exact) mass is 343 g/mol. The molecule has 1 aromatic heterocycles. The van der Waals surface area contributed by atoms with Gasteiger partial charge < -0.3 is 9.47 Å². The first kappa shape index (κ1) is 13.9. The Balaban J connectivity index is 2.05. The fourth-order valence-electron chi connectivity index (χ4n) is 2.12. The topological polar surface area (TPSA) is 31.4 Å². The summed E-state index contributed by atoms with van der Waals surface area (Å²) in [6.45, 7) is 2.02. The summed E-state index contributed by atoms with van der Waals surface area (Å²) in [4.78, 5) is 4.34. The summed E-state index contributed by atoms with van der Waals surface area (Å²) in [6.07, 6.45) is 1.75. The normalized spacial score (nSPS) is 10.6. The lowest BCUT2D eigenvalue weighted by Gasteiger charge is -2.10. The van der Waals surface area contributed by atoms with Gasteiger partial charge in [0, 0.05) is 16.1 Å². The van der Waals surface area contributed by atoms with E-state index in [4.69, 9.17) is 9.47 Å². The van der Waals surface area contributed by atoms with Crippen LogP contribution >= 0.6 is 15.9 Å². The molecular formula is C17H14BrNO2. The molecule has 0 aliphatic heterocycles. The van der Waals surface area contributed by atoms with E-state index in [2.05, 4.69) is 20.9 Å². The molecule has 1 heterocycles. The lowest BCUT2D eigenvalue weighted by atomic mass is 10.1. The van der Waals surface area contributed by atoms with Crippen molar-refractivity contribution in [3.8, 4) is 17.4 Å². The lowest BCUT2D eigenvalue weighted by molar-refractivity contribution is 0.415. The van der Waals surface area contributed by atoms with Crippen LogP contribution in [0.4, 0.5) is 0 Å². The van der Waals surface area contributed by atoms with Gasteiger partial charge in [-0.2, -0.15) is 0 Å². The van der Waals surface area contributed by atoms with Gasteiger partial charge in [0.1, 0.15) is 11.5 Å². The number of rotatable bonds is 3. The van der Waals surface area contributed by atoms with Crippen molar-refractivity contribution in [1.82, 2.24) is 4.98 Å². The predicted octanol–water partition coefficient (Wildman–Crippen LogP) is 5.11. The molecule has 0 aliphatic carbocycles. The fraction of sp³-hybridized carbons (Fsp3) is 0.118. The maximum atomic E-state index is 5.94. The minimum atomic E-state index is 0.577. The van der Waals surface area contributed by atoms with Crippen molar-refractivity contribution in [2.75, 3.05) is 7.11 Å². The third-order valence-corrected chi connectivity index (χ3v) is 4.17. The molecule has 0 saturated heterocycles. The number of hydrogen-bond donors (Lipinski definition) is 0. The van der Waals surface area contributed by atoms with Gasteiger partial charge in [0.2, 0.25) is 5.88 Å². The average molecular weight is 344 g/mol. The number of aryl methyl sites for hydroxylation is 1. The van der Waals surface area contributed by atoms with Gasteiger partial charge in [-0.15, -0.1) is 0 Å². The van der Waals surface area contributed by atoms with E-state index < -0.39 is 0 Å². The average Bonchev–Trinajstić information content (AvgIpc) is 2.51. The Hall–Kier alpha value is -2.07. The van der Waals surface area contributed by atoms with Crippen LogP contribution < -0.4 is 9.47 Å². The van der Waals surface area contributed by atoms with Crippen LogP contribution in [0, 0.1) is 6.92 Å². The number of ether oxygens (including phenoxy) is 2. The Bertz CT molecular complexity index is 802. The first-order valence-corrected chi connectivity index (χ1v) is 7.33. The van der Waals surface area contributed by atoms with Gasteiger partial charge in [0.05, 0.1) is 7.11 Å². The molecule has 0 atom stereocenters. The minimum Gasteiger partial charge on any atom is -0.497 e. The van der Waals surface area contributed by atoms with Crippen LogP contribution in [-0.4, -0.2) is 12.1 Å². The van der Waals surface area contributed by atoms with Crippen molar-refractivity contribution in [1.29, 1.82) is 0 Å².